The molecule has 0 amide bonds. The van der Waals surface area contributed by atoms with E-state index in [1.165, 1.54) is 32.1 Å². The molecule has 14 heavy (non-hydrogen) atoms. The molecule has 2 aliphatic rings. The maximum Gasteiger partial charge on any atom is 0.122 e. The van der Waals surface area contributed by atoms with Gasteiger partial charge in [-0.15, -0.1) is 0 Å². The number of aldehydes is 1. The number of hydrogen-bond acceptors (Lipinski definition) is 2. The third-order valence-electron chi connectivity index (χ3n) is 3.74. The fourth-order valence-corrected chi connectivity index (χ4v) is 3.04. The van der Waals surface area contributed by atoms with Crippen LogP contribution in [0.1, 0.15) is 45.4 Å². The monoisotopic (exact) mass is 196 g/mol. The second kappa shape index (κ2) is 4.01. The van der Waals surface area contributed by atoms with Crippen LogP contribution in [0.5, 0.6) is 0 Å². The molecule has 1 saturated heterocycles. The summed E-state index contributed by atoms with van der Waals surface area (Å²) in [5.74, 6) is 0.841. The summed E-state index contributed by atoms with van der Waals surface area (Å²) in [6, 6.07) is 0. The van der Waals surface area contributed by atoms with Crippen LogP contribution in [-0.4, -0.2) is 18.5 Å². The van der Waals surface area contributed by atoms with Crippen molar-refractivity contribution < 1.29 is 9.53 Å². The number of rotatable bonds is 3. The molecule has 2 unspecified atom stereocenters. The Hall–Kier alpha value is -0.370. The number of carbonyl (C=O) groups excluding carboxylic acids is 1. The lowest BCUT2D eigenvalue weighted by Gasteiger charge is -2.21. The summed E-state index contributed by atoms with van der Waals surface area (Å²) < 4.78 is 5.94. The first kappa shape index (κ1) is 10.2. The van der Waals surface area contributed by atoms with E-state index < -0.39 is 0 Å². The van der Waals surface area contributed by atoms with Crippen LogP contribution in [0.25, 0.3) is 0 Å². The highest BCUT2D eigenvalue weighted by molar-refractivity contribution is 5.52. The molecule has 1 spiro atoms. The smallest absolute Gasteiger partial charge is 0.122 e. The zero-order chi connectivity index (χ0) is 10.0. The van der Waals surface area contributed by atoms with Gasteiger partial charge in [0.15, 0.2) is 0 Å². The van der Waals surface area contributed by atoms with Crippen molar-refractivity contribution in [2.75, 3.05) is 6.61 Å². The van der Waals surface area contributed by atoms with Crippen molar-refractivity contribution in [1.29, 1.82) is 0 Å². The second-order valence-corrected chi connectivity index (χ2v) is 5.12. The van der Waals surface area contributed by atoms with Gasteiger partial charge in [-0.05, 0) is 31.6 Å². The van der Waals surface area contributed by atoms with Crippen LogP contribution in [0.4, 0.5) is 0 Å². The van der Waals surface area contributed by atoms with Crippen LogP contribution in [0.15, 0.2) is 0 Å². The summed E-state index contributed by atoms with van der Waals surface area (Å²) in [6.07, 6.45) is 8.44. The topological polar surface area (TPSA) is 26.3 Å². The minimum Gasteiger partial charge on any atom is -0.375 e. The van der Waals surface area contributed by atoms with Gasteiger partial charge in [0.05, 0.1) is 12.2 Å². The summed E-state index contributed by atoms with van der Waals surface area (Å²) in [4.78, 5) is 10.6. The minimum absolute atomic E-state index is 0.208. The Morgan fingerprint density at radius 2 is 2.21 bits per heavy atom. The highest BCUT2D eigenvalue weighted by atomic mass is 16.5. The maximum atomic E-state index is 10.6. The largest absolute Gasteiger partial charge is 0.375 e. The lowest BCUT2D eigenvalue weighted by atomic mass is 9.88. The molecule has 0 aromatic heterocycles. The molecule has 2 rings (SSSR count). The van der Waals surface area contributed by atoms with E-state index >= 15 is 0 Å². The van der Waals surface area contributed by atoms with Crippen LogP contribution in [0.3, 0.4) is 0 Å². The van der Waals surface area contributed by atoms with Crippen LogP contribution in [0, 0.1) is 11.8 Å². The number of ether oxygens (including phenoxy) is 1. The quantitative estimate of drug-likeness (QED) is 0.648. The molecular formula is C12H20O2. The van der Waals surface area contributed by atoms with Gasteiger partial charge >= 0.3 is 0 Å². The van der Waals surface area contributed by atoms with Gasteiger partial charge in [-0.25, -0.2) is 0 Å². The van der Waals surface area contributed by atoms with Crippen molar-refractivity contribution >= 4 is 6.29 Å². The molecular weight excluding hydrogens is 176 g/mol. The molecule has 80 valence electrons. The van der Waals surface area contributed by atoms with Crippen molar-refractivity contribution in [3.63, 3.8) is 0 Å². The molecule has 2 heteroatoms. The van der Waals surface area contributed by atoms with Crippen LogP contribution in [-0.2, 0) is 9.53 Å². The molecule has 1 saturated carbocycles. The van der Waals surface area contributed by atoms with Gasteiger partial charge in [-0.2, -0.15) is 0 Å². The van der Waals surface area contributed by atoms with Gasteiger partial charge in [0.1, 0.15) is 6.29 Å². The zero-order valence-corrected chi connectivity index (χ0v) is 9.00. The molecule has 2 fully saturated rings. The van der Waals surface area contributed by atoms with Gasteiger partial charge in [0.2, 0.25) is 0 Å². The SMILES string of the molecule is CC(C=O)CC1COC2(CCCC2)C1. The number of hydrogen-bond donors (Lipinski definition) is 0. The highest BCUT2D eigenvalue weighted by Crippen LogP contribution is 2.44. The Bertz CT molecular complexity index is 206. The standard InChI is InChI=1S/C12H20O2/c1-10(8-13)6-11-7-12(14-9-11)4-2-3-5-12/h8,10-11H,2-7,9H2,1H3. The fourth-order valence-electron chi connectivity index (χ4n) is 3.04. The first-order valence-electron chi connectivity index (χ1n) is 5.83. The number of carbonyl (C=O) groups is 1. The van der Waals surface area contributed by atoms with Gasteiger partial charge in [-0.3, -0.25) is 0 Å². The molecule has 0 radical (unpaired) electrons. The molecule has 1 aliphatic heterocycles. The predicted octanol–water partition coefficient (Wildman–Crippen LogP) is 2.56. The Balaban J connectivity index is 1.85. The first-order valence-corrected chi connectivity index (χ1v) is 5.83. The molecule has 0 aromatic rings. The molecule has 0 aromatic carbocycles. The van der Waals surface area contributed by atoms with Gasteiger partial charge in [-0.1, -0.05) is 19.8 Å². The lowest BCUT2D eigenvalue weighted by Crippen LogP contribution is -2.22. The lowest BCUT2D eigenvalue weighted by molar-refractivity contribution is -0.111. The normalized spacial score (nSPS) is 32.2. The molecule has 2 nitrogen and oxygen atoms in total. The Kier molecular flexibility index (Phi) is 2.91. The first-order chi connectivity index (χ1) is 6.74. The van der Waals surface area contributed by atoms with E-state index in [0.29, 0.717) is 5.92 Å². The minimum atomic E-state index is 0.208. The van der Waals surface area contributed by atoms with E-state index in [-0.39, 0.29) is 11.5 Å². The van der Waals surface area contributed by atoms with Gasteiger partial charge < -0.3 is 9.53 Å². The summed E-state index contributed by atoms with van der Waals surface area (Å²) in [5.41, 5.74) is 0.229. The van der Waals surface area contributed by atoms with Crippen LogP contribution >= 0.6 is 0 Å². The van der Waals surface area contributed by atoms with Crippen LogP contribution in [0.2, 0.25) is 0 Å². The van der Waals surface area contributed by atoms with Crippen LogP contribution < -0.4 is 0 Å². The fraction of sp³-hybridized carbons (Fsp3) is 0.917. The summed E-state index contributed by atoms with van der Waals surface area (Å²) >= 11 is 0. The maximum absolute atomic E-state index is 10.6. The van der Waals surface area contributed by atoms with Crippen molar-refractivity contribution in [1.82, 2.24) is 0 Å². The van der Waals surface area contributed by atoms with Gasteiger partial charge in [0, 0.05) is 5.92 Å². The van der Waals surface area contributed by atoms with Crippen molar-refractivity contribution in [2.24, 2.45) is 11.8 Å². The zero-order valence-electron chi connectivity index (χ0n) is 9.00. The van der Waals surface area contributed by atoms with E-state index in [9.17, 15) is 4.79 Å². The third kappa shape index (κ3) is 2.00. The third-order valence-corrected chi connectivity index (χ3v) is 3.74. The van der Waals surface area contributed by atoms with Crippen molar-refractivity contribution in [2.45, 2.75) is 51.0 Å². The van der Waals surface area contributed by atoms with E-state index in [0.717, 1.165) is 19.3 Å². The Morgan fingerprint density at radius 3 is 2.86 bits per heavy atom. The van der Waals surface area contributed by atoms with Crippen molar-refractivity contribution in [3.05, 3.63) is 0 Å². The van der Waals surface area contributed by atoms with E-state index in [2.05, 4.69) is 0 Å². The predicted molar refractivity (Wildman–Crippen MR) is 55.1 cm³/mol. The molecule has 0 bridgehead atoms. The van der Waals surface area contributed by atoms with E-state index in [4.69, 9.17) is 4.74 Å². The summed E-state index contributed by atoms with van der Waals surface area (Å²) in [6.45, 7) is 2.89. The molecule has 0 N–H and O–H groups in total. The molecule has 1 aliphatic carbocycles. The molecule has 1 heterocycles. The van der Waals surface area contributed by atoms with Crippen molar-refractivity contribution in [3.8, 4) is 0 Å². The van der Waals surface area contributed by atoms with E-state index in [1.807, 2.05) is 6.92 Å². The summed E-state index contributed by atoms with van der Waals surface area (Å²) in [7, 11) is 0. The Labute approximate surface area is 86.0 Å². The van der Waals surface area contributed by atoms with E-state index in [1.54, 1.807) is 0 Å². The van der Waals surface area contributed by atoms with Gasteiger partial charge in [0.25, 0.3) is 0 Å². The Morgan fingerprint density at radius 1 is 1.50 bits per heavy atom. The highest BCUT2D eigenvalue weighted by Gasteiger charge is 2.42. The second-order valence-electron chi connectivity index (χ2n) is 5.12. The average Bonchev–Trinajstić information content (AvgIpc) is 2.78. The summed E-state index contributed by atoms with van der Waals surface area (Å²) in [5, 5.41) is 0. The molecule has 2 atom stereocenters. The average molecular weight is 196 g/mol.